The number of nitrogens with one attached hydrogen (secondary N) is 1. The van der Waals surface area contributed by atoms with E-state index in [0.29, 0.717) is 0 Å². The molecule has 16 heavy (non-hydrogen) atoms. The van der Waals surface area contributed by atoms with E-state index in [-0.39, 0.29) is 0 Å². The van der Waals surface area contributed by atoms with Crippen LogP contribution in [-0.4, -0.2) is 24.6 Å². The normalized spacial score (nSPS) is 25.5. The van der Waals surface area contributed by atoms with Gasteiger partial charge >= 0.3 is 0 Å². The predicted octanol–water partition coefficient (Wildman–Crippen LogP) is 3.69. The average Bonchev–Trinajstić information content (AvgIpc) is 2.59. The maximum atomic E-state index is 3.74. The SMILES string of the molecule is C1CCCC(CNCC2CCSCC2)CC1. The molecule has 0 radical (unpaired) electrons. The minimum Gasteiger partial charge on any atom is -0.316 e. The highest BCUT2D eigenvalue weighted by Gasteiger charge is 2.15. The number of hydrogen-bond donors (Lipinski definition) is 1. The molecule has 2 aliphatic rings. The highest BCUT2D eigenvalue weighted by atomic mass is 32.2. The Hall–Kier alpha value is 0.310. The summed E-state index contributed by atoms with van der Waals surface area (Å²) >= 11 is 2.14. The minimum absolute atomic E-state index is 0.979. The Kier molecular flexibility index (Phi) is 6.06. The van der Waals surface area contributed by atoms with E-state index in [2.05, 4.69) is 17.1 Å². The Morgan fingerprint density at radius 1 is 0.750 bits per heavy atom. The standard InChI is InChI=1S/C14H27NS/c1-2-4-6-13(5-3-1)11-15-12-14-7-9-16-10-8-14/h13-15H,1-12H2. The van der Waals surface area contributed by atoms with E-state index in [4.69, 9.17) is 0 Å². The fraction of sp³-hybridized carbons (Fsp3) is 1.00. The molecular formula is C14H27NS. The van der Waals surface area contributed by atoms with Crippen molar-refractivity contribution in [1.82, 2.24) is 5.32 Å². The summed E-state index contributed by atoms with van der Waals surface area (Å²) < 4.78 is 0. The van der Waals surface area contributed by atoms with Gasteiger partial charge in [-0.1, -0.05) is 25.7 Å². The summed E-state index contributed by atoms with van der Waals surface area (Å²) in [7, 11) is 0. The zero-order valence-corrected chi connectivity index (χ0v) is 11.4. The van der Waals surface area contributed by atoms with Gasteiger partial charge in [0.05, 0.1) is 0 Å². The van der Waals surface area contributed by atoms with Crippen molar-refractivity contribution in [1.29, 1.82) is 0 Å². The summed E-state index contributed by atoms with van der Waals surface area (Å²) in [4.78, 5) is 0. The summed E-state index contributed by atoms with van der Waals surface area (Å²) in [6, 6.07) is 0. The third-order valence-corrected chi connectivity index (χ3v) is 5.23. The predicted molar refractivity (Wildman–Crippen MR) is 74.1 cm³/mol. The molecule has 0 spiro atoms. The molecule has 1 nitrogen and oxygen atoms in total. The van der Waals surface area contributed by atoms with Crippen LogP contribution in [0.1, 0.15) is 51.4 Å². The van der Waals surface area contributed by atoms with Crippen LogP contribution in [0.2, 0.25) is 0 Å². The molecule has 1 N–H and O–H groups in total. The molecule has 0 atom stereocenters. The van der Waals surface area contributed by atoms with Crippen LogP contribution in [-0.2, 0) is 0 Å². The van der Waals surface area contributed by atoms with Crippen LogP contribution in [0.3, 0.4) is 0 Å². The van der Waals surface area contributed by atoms with Gasteiger partial charge in [0, 0.05) is 0 Å². The molecule has 94 valence electrons. The molecule has 0 aromatic heterocycles. The smallest absolute Gasteiger partial charge is 0.00198 e. The summed E-state index contributed by atoms with van der Waals surface area (Å²) in [5.74, 6) is 4.76. The van der Waals surface area contributed by atoms with Gasteiger partial charge in [-0.3, -0.25) is 0 Å². The zero-order valence-electron chi connectivity index (χ0n) is 10.5. The molecule has 0 unspecified atom stereocenters. The average molecular weight is 241 g/mol. The van der Waals surface area contributed by atoms with Crippen LogP contribution in [0.15, 0.2) is 0 Å². The van der Waals surface area contributed by atoms with E-state index >= 15 is 0 Å². The molecule has 1 aliphatic heterocycles. The van der Waals surface area contributed by atoms with E-state index in [0.717, 1.165) is 11.8 Å². The van der Waals surface area contributed by atoms with Crippen LogP contribution in [0, 0.1) is 11.8 Å². The van der Waals surface area contributed by atoms with Gasteiger partial charge in [-0.15, -0.1) is 0 Å². The van der Waals surface area contributed by atoms with Gasteiger partial charge in [0.1, 0.15) is 0 Å². The Labute approximate surface area is 105 Å². The topological polar surface area (TPSA) is 12.0 Å². The summed E-state index contributed by atoms with van der Waals surface area (Å²) in [5.41, 5.74) is 0. The lowest BCUT2D eigenvalue weighted by Crippen LogP contribution is -2.29. The van der Waals surface area contributed by atoms with Crippen molar-refractivity contribution in [2.45, 2.75) is 51.4 Å². The van der Waals surface area contributed by atoms with Crippen molar-refractivity contribution < 1.29 is 0 Å². The number of hydrogen-bond acceptors (Lipinski definition) is 2. The largest absolute Gasteiger partial charge is 0.316 e. The van der Waals surface area contributed by atoms with Crippen molar-refractivity contribution in [2.24, 2.45) is 11.8 Å². The molecule has 2 rings (SSSR count). The first-order valence-electron chi connectivity index (χ1n) is 7.23. The van der Waals surface area contributed by atoms with Gasteiger partial charge in [0.15, 0.2) is 0 Å². The Morgan fingerprint density at radius 2 is 1.31 bits per heavy atom. The molecular weight excluding hydrogens is 214 g/mol. The number of thioether (sulfide) groups is 1. The van der Waals surface area contributed by atoms with Crippen molar-refractivity contribution in [3.8, 4) is 0 Å². The molecule has 1 heterocycles. The van der Waals surface area contributed by atoms with Crippen LogP contribution >= 0.6 is 11.8 Å². The molecule has 0 amide bonds. The van der Waals surface area contributed by atoms with Crippen molar-refractivity contribution >= 4 is 11.8 Å². The van der Waals surface area contributed by atoms with E-state index in [9.17, 15) is 0 Å². The highest BCUT2D eigenvalue weighted by Crippen LogP contribution is 2.24. The van der Waals surface area contributed by atoms with E-state index in [1.807, 2.05) is 0 Å². The van der Waals surface area contributed by atoms with E-state index in [1.165, 1.54) is 76.0 Å². The third-order valence-electron chi connectivity index (χ3n) is 4.18. The summed E-state index contributed by atoms with van der Waals surface area (Å²) in [6.45, 7) is 2.58. The van der Waals surface area contributed by atoms with Gasteiger partial charge < -0.3 is 5.32 Å². The molecule has 0 aromatic carbocycles. The quantitative estimate of drug-likeness (QED) is 0.753. The molecule has 0 aromatic rings. The van der Waals surface area contributed by atoms with Gasteiger partial charge in [-0.05, 0) is 62.1 Å². The third kappa shape index (κ3) is 4.67. The second-order valence-electron chi connectivity index (χ2n) is 5.57. The zero-order chi connectivity index (χ0) is 11.1. The van der Waals surface area contributed by atoms with E-state index < -0.39 is 0 Å². The van der Waals surface area contributed by atoms with Crippen molar-refractivity contribution in [3.63, 3.8) is 0 Å². The fourth-order valence-electron chi connectivity index (χ4n) is 3.01. The molecule has 1 saturated heterocycles. The van der Waals surface area contributed by atoms with E-state index in [1.54, 1.807) is 0 Å². The maximum absolute atomic E-state index is 3.74. The Bertz CT molecular complexity index is 170. The van der Waals surface area contributed by atoms with Crippen LogP contribution in [0.5, 0.6) is 0 Å². The maximum Gasteiger partial charge on any atom is -0.00198 e. The molecule has 2 heteroatoms. The first kappa shape index (κ1) is 12.8. The summed E-state index contributed by atoms with van der Waals surface area (Å²) in [5, 5.41) is 3.74. The number of rotatable bonds is 4. The van der Waals surface area contributed by atoms with Crippen LogP contribution in [0.25, 0.3) is 0 Å². The van der Waals surface area contributed by atoms with Gasteiger partial charge in [-0.2, -0.15) is 11.8 Å². The van der Waals surface area contributed by atoms with Gasteiger partial charge in [0.2, 0.25) is 0 Å². The van der Waals surface area contributed by atoms with Crippen LogP contribution < -0.4 is 5.32 Å². The second-order valence-corrected chi connectivity index (χ2v) is 6.80. The molecule has 1 aliphatic carbocycles. The van der Waals surface area contributed by atoms with Gasteiger partial charge in [0.25, 0.3) is 0 Å². The molecule has 1 saturated carbocycles. The highest BCUT2D eigenvalue weighted by molar-refractivity contribution is 7.99. The second kappa shape index (κ2) is 7.60. The lowest BCUT2D eigenvalue weighted by Gasteiger charge is -2.23. The minimum atomic E-state index is 0.979. The Balaban J connectivity index is 1.55. The molecule has 2 fully saturated rings. The van der Waals surface area contributed by atoms with Crippen molar-refractivity contribution in [3.05, 3.63) is 0 Å². The Morgan fingerprint density at radius 3 is 1.94 bits per heavy atom. The first-order chi connectivity index (χ1) is 7.95. The lowest BCUT2D eigenvalue weighted by molar-refractivity contribution is 0.384. The summed E-state index contributed by atoms with van der Waals surface area (Å²) in [6.07, 6.45) is 11.8. The van der Waals surface area contributed by atoms with Crippen molar-refractivity contribution in [2.75, 3.05) is 24.6 Å². The van der Waals surface area contributed by atoms with Crippen LogP contribution in [0.4, 0.5) is 0 Å². The fourth-order valence-corrected chi connectivity index (χ4v) is 4.21. The monoisotopic (exact) mass is 241 g/mol. The molecule has 0 bridgehead atoms. The van der Waals surface area contributed by atoms with Gasteiger partial charge in [-0.25, -0.2) is 0 Å². The first-order valence-corrected chi connectivity index (χ1v) is 8.39. The lowest BCUT2D eigenvalue weighted by atomic mass is 9.99.